The zero-order valence-electron chi connectivity index (χ0n) is 13.6. The summed E-state index contributed by atoms with van der Waals surface area (Å²) in [6.45, 7) is 0. The Morgan fingerprint density at radius 2 is 2.08 bits per heavy atom. The van der Waals surface area contributed by atoms with E-state index >= 15 is 0 Å². The molecule has 0 unspecified atom stereocenters. The highest BCUT2D eigenvalue weighted by atomic mass is 35.5. The van der Waals surface area contributed by atoms with Crippen molar-refractivity contribution in [2.45, 2.75) is 5.16 Å². The number of hydrogen-bond donors (Lipinski definition) is 1. The van der Waals surface area contributed by atoms with Gasteiger partial charge in [-0.25, -0.2) is 0 Å². The molecule has 6 nitrogen and oxygen atoms in total. The SMILES string of the molecule is COc1ccccc1-n1cnnc1SCC(=O)Nc1ccc(Cl)cc1Cl. The Hall–Kier alpha value is -2.22. The molecule has 0 saturated heterocycles. The predicted octanol–water partition coefficient (Wildman–Crippen LogP) is 4.31. The van der Waals surface area contributed by atoms with Gasteiger partial charge in [0.05, 0.1) is 29.3 Å². The summed E-state index contributed by atoms with van der Waals surface area (Å²) in [5, 5.41) is 12.2. The Bertz CT molecular complexity index is 933. The number of halogens is 2. The lowest BCUT2D eigenvalue weighted by molar-refractivity contribution is -0.113. The third kappa shape index (κ3) is 4.30. The van der Waals surface area contributed by atoms with Crippen molar-refractivity contribution in [1.29, 1.82) is 0 Å². The van der Waals surface area contributed by atoms with Crippen LogP contribution in [0.3, 0.4) is 0 Å². The van der Waals surface area contributed by atoms with Gasteiger partial charge in [0, 0.05) is 5.02 Å². The summed E-state index contributed by atoms with van der Waals surface area (Å²) in [5.41, 5.74) is 1.30. The van der Waals surface area contributed by atoms with Crippen molar-refractivity contribution in [1.82, 2.24) is 14.8 Å². The Labute approximate surface area is 164 Å². The summed E-state index contributed by atoms with van der Waals surface area (Å²) in [7, 11) is 1.60. The number of hydrogen-bond acceptors (Lipinski definition) is 5. The van der Waals surface area contributed by atoms with E-state index in [0.717, 1.165) is 5.69 Å². The van der Waals surface area contributed by atoms with Crippen LogP contribution in [0.4, 0.5) is 5.69 Å². The summed E-state index contributed by atoms with van der Waals surface area (Å²) < 4.78 is 7.13. The standard InChI is InChI=1S/C17H14Cl2N4O2S/c1-25-15-5-3-2-4-14(15)23-10-20-22-17(23)26-9-16(24)21-13-7-6-11(18)8-12(13)19/h2-8,10H,9H2,1H3,(H,21,24). The molecule has 0 aliphatic rings. The molecule has 0 saturated carbocycles. The van der Waals surface area contributed by atoms with Crippen LogP contribution in [-0.4, -0.2) is 33.5 Å². The van der Waals surface area contributed by atoms with Crippen LogP contribution < -0.4 is 10.1 Å². The molecule has 3 aromatic rings. The van der Waals surface area contributed by atoms with Crippen LogP contribution in [0.1, 0.15) is 0 Å². The van der Waals surface area contributed by atoms with Crippen molar-refractivity contribution in [3.05, 3.63) is 58.8 Å². The quantitative estimate of drug-likeness (QED) is 0.615. The maximum atomic E-state index is 12.2. The van der Waals surface area contributed by atoms with Gasteiger partial charge in [0.15, 0.2) is 5.16 Å². The molecule has 0 spiro atoms. The topological polar surface area (TPSA) is 69.0 Å². The third-order valence-corrected chi connectivity index (χ3v) is 4.89. The largest absolute Gasteiger partial charge is 0.495 e. The van der Waals surface area contributed by atoms with Crippen LogP contribution >= 0.6 is 35.0 Å². The van der Waals surface area contributed by atoms with Crippen molar-refractivity contribution in [3.8, 4) is 11.4 Å². The van der Waals surface area contributed by atoms with E-state index in [2.05, 4.69) is 15.5 Å². The zero-order valence-corrected chi connectivity index (χ0v) is 16.0. The molecule has 2 aromatic carbocycles. The van der Waals surface area contributed by atoms with Crippen LogP contribution in [-0.2, 0) is 4.79 Å². The van der Waals surface area contributed by atoms with E-state index in [1.165, 1.54) is 11.8 Å². The number of benzene rings is 2. The predicted molar refractivity (Wildman–Crippen MR) is 104 cm³/mol. The van der Waals surface area contributed by atoms with E-state index in [1.807, 2.05) is 24.3 Å². The molecule has 0 atom stereocenters. The lowest BCUT2D eigenvalue weighted by Gasteiger charge is -2.11. The van der Waals surface area contributed by atoms with Crippen molar-refractivity contribution >= 4 is 46.6 Å². The molecule has 0 bridgehead atoms. The number of methoxy groups -OCH3 is 1. The van der Waals surface area contributed by atoms with Crippen LogP contribution in [0, 0.1) is 0 Å². The average Bonchev–Trinajstić information content (AvgIpc) is 3.10. The van der Waals surface area contributed by atoms with Crippen molar-refractivity contribution in [3.63, 3.8) is 0 Å². The van der Waals surface area contributed by atoms with Gasteiger partial charge in [-0.05, 0) is 30.3 Å². The Balaban J connectivity index is 1.69. The van der Waals surface area contributed by atoms with E-state index in [1.54, 1.807) is 36.2 Å². The maximum Gasteiger partial charge on any atom is 0.234 e. The number of amides is 1. The summed E-state index contributed by atoms with van der Waals surface area (Å²) >= 11 is 13.2. The summed E-state index contributed by atoms with van der Waals surface area (Å²) in [6.07, 6.45) is 1.58. The minimum atomic E-state index is -0.214. The second-order valence-corrected chi connectivity index (χ2v) is 6.90. The fourth-order valence-electron chi connectivity index (χ4n) is 2.22. The Morgan fingerprint density at radius 3 is 2.85 bits per heavy atom. The van der Waals surface area contributed by atoms with Gasteiger partial charge >= 0.3 is 0 Å². The number of carbonyl (C=O) groups is 1. The molecule has 0 aliphatic carbocycles. The Morgan fingerprint density at radius 1 is 1.27 bits per heavy atom. The fourth-order valence-corrected chi connectivity index (χ4v) is 3.40. The van der Waals surface area contributed by atoms with Gasteiger partial charge in [-0.3, -0.25) is 9.36 Å². The first-order valence-electron chi connectivity index (χ1n) is 7.49. The van der Waals surface area contributed by atoms with Crippen molar-refractivity contribution in [2.75, 3.05) is 18.2 Å². The molecule has 9 heteroatoms. The van der Waals surface area contributed by atoms with Gasteiger partial charge in [0.25, 0.3) is 0 Å². The molecule has 1 N–H and O–H groups in total. The van der Waals surface area contributed by atoms with E-state index in [9.17, 15) is 4.79 Å². The normalized spacial score (nSPS) is 10.6. The molecule has 3 rings (SSSR count). The summed E-state index contributed by atoms with van der Waals surface area (Å²) in [4.78, 5) is 12.2. The molecule has 1 amide bonds. The number of nitrogens with one attached hydrogen (secondary N) is 1. The molecule has 26 heavy (non-hydrogen) atoms. The van der Waals surface area contributed by atoms with E-state index in [0.29, 0.717) is 26.6 Å². The second kappa shape index (κ2) is 8.44. The Kier molecular flexibility index (Phi) is 6.03. The highest BCUT2D eigenvalue weighted by Gasteiger charge is 2.13. The number of anilines is 1. The smallest absolute Gasteiger partial charge is 0.234 e. The van der Waals surface area contributed by atoms with E-state index < -0.39 is 0 Å². The molecule has 0 fully saturated rings. The molecule has 0 radical (unpaired) electrons. The maximum absolute atomic E-state index is 12.2. The summed E-state index contributed by atoms with van der Waals surface area (Å²) in [6, 6.07) is 12.4. The van der Waals surface area contributed by atoms with Crippen molar-refractivity contribution < 1.29 is 9.53 Å². The van der Waals surface area contributed by atoms with Crippen LogP contribution in [0.15, 0.2) is 53.9 Å². The lowest BCUT2D eigenvalue weighted by Crippen LogP contribution is -2.14. The number of carbonyl (C=O) groups excluding carboxylic acids is 1. The molecule has 1 aromatic heterocycles. The van der Waals surface area contributed by atoms with Crippen LogP contribution in [0.2, 0.25) is 10.0 Å². The van der Waals surface area contributed by atoms with Gasteiger partial charge in [0.2, 0.25) is 5.91 Å². The third-order valence-electron chi connectivity index (χ3n) is 3.40. The molecule has 0 aliphatic heterocycles. The molecular weight excluding hydrogens is 395 g/mol. The zero-order chi connectivity index (χ0) is 18.5. The number of para-hydroxylation sites is 2. The monoisotopic (exact) mass is 408 g/mol. The lowest BCUT2D eigenvalue weighted by atomic mass is 10.3. The minimum Gasteiger partial charge on any atom is -0.495 e. The van der Waals surface area contributed by atoms with E-state index in [-0.39, 0.29) is 11.7 Å². The van der Waals surface area contributed by atoms with Crippen LogP contribution in [0.25, 0.3) is 5.69 Å². The first kappa shape index (κ1) is 18.6. The number of rotatable bonds is 6. The molecule has 134 valence electrons. The number of thioether (sulfide) groups is 1. The molecular formula is C17H14Cl2N4O2S. The van der Waals surface area contributed by atoms with Gasteiger partial charge < -0.3 is 10.1 Å². The fraction of sp³-hybridized carbons (Fsp3) is 0.118. The van der Waals surface area contributed by atoms with E-state index in [4.69, 9.17) is 27.9 Å². The first-order valence-corrected chi connectivity index (χ1v) is 9.23. The second-order valence-electron chi connectivity index (χ2n) is 5.12. The number of ether oxygens (including phenoxy) is 1. The minimum absolute atomic E-state index is 0.146. The number of nitrogens with zero attached hydrogens (tertiary/aromatic N) is 3. The van der Waals surface area contributed by atoms with Gasteiger partial charge in [-0.2, -0.15) is 0 Å². The average molecular weight is 409 g/mol. The van der Waals surface area contributed by atoms with Gasteiger partial charge in [-0.1, -0.05) is 47.1 Å². The van der Waals surface area contributed by atoms with Crippen molar-refractivity contribution in [2.24, 2.45) is 0 Å². The molecule has 1 heterocycles. The highest BCUT2D eigenvalue weighted by molar-refractivity contribution is 7.99. The highest BCUT2D eigenvalue weighted by Crippen LogP contribution is 2.28. The number of aromatic nitrogens is 3. The van der Waals surface area contributed by atoms with Crippen LogP contribution in [0.5, 0.6) is 5.75 Å². The van der Waals surface area contributed by atoms with Gasteiger partial charge in [0.1, 0.15) is 12.1 Å². The summed E-state index contributed by atoms with van der Waals surface area (Å²) in [5.74, 6) is 0.618. The van der Waals surface area contributed by atoms with Gasteiger partial charge in [-0.15, -0.1) is 10.2 Å². The first-order chi connectivity index (χ1) is 12.6.